The van der Waals surface area contributed by atoms with Crippen LogP contribution in [0.3, 0.4) is 0 Å². The van der Waals surface area contributed by atoms with E-state index in [-0.39, 0.29) is 5.91 Å². The highest BCUT2D eigenvalue weighted by Crippen LogP contribution is 2.16. The van der Waals surface area contributed by atoms with E-state index in [1.54, 1.807) is 13.0 Å². The average molecular weight is 179 g/mol. The van der Waals surface area contributed by atoms with Gasteiger partial charge in [0.15, 0.2) is 0 Å². The van der Waals surface area contributed by atoms with Crippen LogP contribution in [-0.4, -0.2) is 23.4 Å². The van der Waals surface area contributed by atoms with Gasteiger partial charge in [0.25, 0.3) is 0 Å². The first-order chi connectivity index (χ1) is 6.25. The zero-order chi connectivity index (χ0) is 9.68. The molecule has 1 amide bonds. The minimum atomic E-state index is 0.136. The van der Waals surface area contributed by atoms with Crippen molar-refractivity contribution in [3.63, 3.8) is 0 Å². The Kier molecular flexibility index (Phi) is 3.74. The first kappa shape index (κ1) is 10.0. The Hall–Kier alpha value is -1.05. The second kappa shape index (κ2) is 4.85. The number of nitrogens with zero attached hydrogens (tertiary/aromatic N) is 1. The van der Waals surface area contributed by atoms with Crippen molar-refractivity contribution >= 4 is 5.91 Å². The van der Waals surface area contributed by atoms with Crippen LogP contribution in [0.25, 0.3) is 0 Å². The Balaban J connectivity index is 2.62. The van der Waals surface area contributed by atoms with Gasteiger partial charge in [-0.3, -0.25) is 4.79 Å². The van der Waals surface area contributed by atoms with E-state index in [2.05, 4.69) is 18.7 Å². The third-order valence-electron chi connectivity index (χ3n) is 2.36. The summed E-state index contributed by atoms with van der Waals surface area (Å²) in [6, 6.07) is 0.296. The Morgan fingerprint density at radius 3 is 3.00 bits per heavy atom. The molecule has 0 heterocycles. The molecule has 0 spiro atoms. The van der Waals surface area contributed by atoms with Crippen LogP contribution in [0.5, 0.6) is 0 Å². The number of carbonyl (C=O) groups is 1. The molecule has 0 saturated carbocycles. The van der Waals surface area contributed by atoms with Gasteiger partial charge in [0, 0.05) is 13.5 Å². The van der Waals surface area contributed by atoms with Gasteiger partial charge in [-0.2, -0.15) is 0 Å². The van der Waals surface area contributed by atoms with Crippen LogP contribution < -0.4 is 0 Å². The van der Waals surface area contributed by atoms with Crippen molar-refractivity contribution in [3.8, 4) is 0 Å². The third kappa shape index (κ3) is 2.72. The molecule has 0 bridgehead atoms. The zero-order valence-corrected chi connectivity index (χ0v) is 8.20. The third-order valence-corrected chi connectivity index (χ3v) is 2.36. The van der Waals surface area contributed by atoms with Crippen molar-refractivity contribution in [2.45, 2.75) is 32.2 Å². The molecular weight excluding hydrogens is 162 g/mol. The molecule has 72 valence electrons. The molecule has 0 aromatic rings. The summed E-state index contributed by atoms with van der Waals surface area (Å²) in [6.45, 7) is 5.93. The van der Waals surface area contributed by atoms with E-state index in [1.807, 2.05) is 4.90 Å². The van der Waals surface area contributed by atoms with E-state index < -0.39 is 0 Å². The van der Waals surface area contributed by atoms with E-state index in [0.29, 0.717) is 12.6 Å². The van der Waals surface area contributed by atoms with E-state index in [4.69, 9.17) is 0 Å². The highest BCUT2D eigenvalue weighted by Gasteiger charge is 2.18. The maximum Gasteiger partial charge on any atom is 0.220 e. The van der Waals surface area contributed by atoms with E-state index >= 15 is 0 Å². The number of rotatable bonds is 3. The summed E-state index contributed by atoms with van der Waals surface area (Å²) >= 11 is 0. The molecule has 1 aliphatic carbocycles. The maximum atomic E-state index is 11.3. The lowest BCUT2D eigenvalue weighted by Gasteiger charge is -2.29. The van der Waals surface area contributed by atoms with E-state index in [0.717, 1.165) is 12.8 Å². The molecular formula is C11H17NO. The molecule has 0 aromatic heterocycles. The van der Waals surface area contributed by atoms with Gasteiger partial charge in [0.05, 0.1) is 6.04 Å². The molecule has 1 atom stereocenters. The van der Waals surface area contributed by atoms with Crippen LogP contribution in [-0.2, 0) is 4.79 Å². The van der Waals surface area contributed by atoms with Gasteiger partial charge in [-0.15, -0.1) is 6.58 Å². The number of amides is 1. The van der Waals surface area contributed by atoms with Gasteiger partial charge < -0.3 is 4.90 Å². The van der Waals surface area contributed by atoms with Crippen molar-refractivity contribution in [2.24, 2.45) is 0 Å². The summed E-state index contributed by atoms with van der Waals surface area (Å²) in [4.78, 5) is 13.1. The van der Waals surface area contributed by atoms with Gasteiger partial charge in [0.2, 0.25) is 5.91 Å². The van der Waals surface area contributed by atoms with Gasteiger partial charge in [-0.25, -0.2) is 0 Å². The fourth-order valence-corrected chi connectivity index (χ4v) is 1.69. The summed E-state index contributed by atoms with van der Waals surface area (Å²) < 4.78 is 0. The van der Waals surface area contributed by atoms with Crippen LogP contribution in [0.15, 0.2) is 24.8 Å². The molecule has 13 heavy (non-hydrogen) atoms. The second-order valence-electron chi connectivity index (χ2n) is 3.39. The summed E-state index contributed by atoms with van der Waals surface area (Å²) in [5, 5.41) is 0. The first-order valence-corrected chi connectivity index (χ1v) is 4.80. The Morgan fingerprint density at radius 1 is 1.77 bits per heavy atom. The lowest BCUT2D eigenvalue weighted by atomic mass is 10.0. The van der Waals surface area contributed by atoms with Gasteiger partial charge >= 0.3 is 0 Å². The van der Waals surface area contributed by atoms with Crippen LogP contribution in [0.1, 0.15) is 26.2 Å². The topological polar surface area (TPSA) is 20.3 Å². The van der Waals surface area contributed by atoms with Crippen molar-refractivity contribution in [1.82, 2.24) is 4.90 Å². The second-order valence-corrected chi connectivity index (χ2v) is 3.39. The average Bonchev–Trinajstić information content (AvgIpc) is 2.15. The molecule has 1 aliphatic rings. The Bertz CT molecular complexity index is 220. The van der Waals surface area contributed by atoms with E-state index in [9.17, 15) is 4.79 Å². The summed E-state index contributed by atoms with van der Waals surface area (Å²) in [7, 11) is 0. The number of hydrogen-bond donors (Lipinski definition) is 0. The monoisotopic (exact) mass is 179 g/mol. The van der Waals surface area contributed by atoms with Crippen molar-refractivity contribution in [3.05, 3.63) is 24.8 Å². The molecule has 0 aliphatic heterocycles. The normalized spacial score (nSPS) is 21.2. The van der Waals surface area contributed by atoms with Crippen LogP contribution in [0.2, 0.25) is 0 Å². The molecule has 1 rings (SSSR count). The van der Waals surface area contributed by atoms with Gasteiger partial charge in [-0.05, 0) is 19.3 Å². The van der Waals surface area contributed by atoms with Crippen molar-refractivity contribution < 1.29 is 4.79 Å². The quantitative estimate of drug-likeness (QED) is 0.608. The summed E-state index contributed by atoms with van der Waals surface area (Å²) in [6.07, 6.45) is 9.49. The lowest BCUT2D eigenvalue weighted by Crippen LogP contribution is -2.38. The maximum absolute atomic E-state index is 11.3. The standard InChI is InChI=1S/C11H17NO/c1-3-9-12(10(2)13)11-7-5-4-6-8-11/h3,5,7,11H,1,4,6,8-9H2,2H3/t11-/m0/s1. The largest absolute Gasteiger partial charge is 0.333 e. The Morgan fingerprint density at radius 2 is 2.54 bits per heavy atom. The molecule has 0 radical (unpaired) electrons. The SMILES string of the molecule is C=CCN(C(C)=O)[C@H]1C=CCCC1. The minimum Gasteiger partial charge on any atom is -0.333 e. The lowest BCUT2D eigenvalue weighted by molar-refractivity contribution is -0.129. The van der Waals surface area contributed by atoms with Crippen molar-refractivity contribution in [1.29, 1.82) is 0 Å². The van der Waals surface area contributed by atoms with Crippen LogP contribution in [0, 0.1) is 0 Å². The molecule has 0 N–H and O–H groups in total. The van der Waals surface area contributed by atoms with Gasteiger partial charge in [-0.1, -0.05) is 18.2 Å². The van der Waals surface area contributed by atoms with Gasteiger partial charge in [0.1, 0.15) is 0 Å². The summed E-state index contributed by atoms with van der Waals surface area (Å²) in [5.41, 5.74) is 0. The molecule has 0 fully saturated rings. The zero-order valence-electron chi connectivity index (χ0n) is 8.20. The van der Waals surface area contributed by atoms with E-state index in [1.165, 1.54) is 6.42 Å². The smallest absolute Gasteiger partial charge is 0.220 e. The fourth-order valence-electron chi connectivity index (χ4n) is 1.69. The van der Waals surface area contributed by atoms with Crippen LogP contribution >= 0.6 is 0 Å². The molecule has 2 nitrogen and oxygen atoms in total. The summed E-state index contributed by atoms with van der Waals surface area (Å²) in [5.74, 6) is 0.136. The highest BCUT2D eigenvalue weighted by molar-refractivity contribution is 5.74. The van der Waals surface area contributed by atoms with Crippen molar-refractivity contribution in [2.75, 3.05) is 6.54 Å². The molecule has 0 aromatic carbocycles. The fraction of sp³-hybridized carbons (Fsp3) is 0.545. The number of carbonyl (C=O) groups excluding carboxylic acids is 1. The highest BCUT2D eigenvalue weighted by atomic mass is 16.2. The number of hydrogen-bond acceptors (Lipinski definition) is 1. The number of allylic oxidation sites excluding steroid dienone is 1. The molecule has 0 unspecified atom stereocenters. The first-order valence-electron chi connectivity index (χ1n) is 4.80. The van der Waals surface area contributed by atoms with Crippen LogP contribution in [0.4, 0.5) is 0 Å². The Labute approximate surface area is 79.9 Å². The molecule has 0 saturated heterocycles. The molecule has 2 heteroatoms. The minimum absolute atomic E-state index is 0.136. The predicted molar refractivity (Wildman–Crippen MR) is 54.4 cm³/mol. The predicted octanol–water partition coefficient (Wildman–Crippen LogP) is 2.13.